The monoisotopic (exact) mass is 350 g/mol. The summed E-state index contributed by atoms with van der Waals surface area (Å²) in [4.78, 5) is 29.7. The average Bonchev–Trinajstić information content (AvgIpc) is 2.56. The Hall–Kier alpha value is -2.94. The first-order valence-electron chi connectivity index (χ1n) is 6.98. The smallest absolute Gasteiger partial charge is 0.329 e. The molecule has 0 unspecified atom stereocenters. The van der Waals surface area contributed by atoms with Gasteiger partial charge in [-0.25, -0.2) is 4.98 Å². The molecule has 0 aliphatic heterocycles. The van der Waals surface area contributed by atoms with Crippen molar-refractivity contribution >= 4 is 40.6 Å². The van der Waals surface area contributed by atoms with Crippen LogP contribution < -0.4 is 16.0 Å². The van der Waals surface area contributed by atoms with E-state index in [1.54, 1.807) is 24.3 Å². The standard InChI is InChI=1S/C14H15ClN6O3/c1-16-12(22)6-7-17-13-11(21(23)24)8-18-14(20-13)19-10-4-2-9(15)3-5-10/h2-5,8H,6-7H2,1H3,(H,16,22)(H2,17,18,19,20). The highest BCUT2D eigenvalue weighted by Crippen LogP contribution is 2.24. The maximum absolute atomic E-state index is 11.2. The molecule has 0 atom stereocenters. The average molecular weight is 351 g/mol. The van der Waals surface area contributed by atoms with Gasteiger partial charge in [0.05, 0.1) is 4.92 Å². The molecule has 126 valence electrons. The van der Waals surface area contributed by atoms with Crippen LogP contribution in [-0.4, -0.2) is 34.4 Å². The third kappa shape index (κ3) is 4.78. The third-order valence-corrected chi connectivity index (χ3v) is 3.24. The van der Waals surface area contributed by atoms with E-state index in [4.69, 9.17) is 11.6 Å². The number of benzene rings is 1. The van der Waals surface area contributed by atoms with Gasteiger partial charge in [0.2, 0.25) is 17.7 Å². The molecule has 1 amide bonds. The summed E-state index contributed by atoms with van der Waals surface area (Å²) in [5.74, 6) is 0.0412. The summed E-state index contributed by atoms with van der Waals surface area (Å²) < 4.78 is 0. The number of carbonyl (C=O) groups excluding carboxylic acids is 1. The number of anilines is 3. The van der Waals surface area contributed by atoms with Crippen LogP contribution in [0.4, 0.5) is 23.1 Å². The van der Waals surface area contributed by atoms with Crippen LogP contribution in [0.5, 0.6) is 0 Å². The zero-order chi connectivity index (χ0) is 17.5. The highest BCUT2D eigenvalue weighted by molar-refractivity contribution is 6.30. The van der Waals surface area contributed by atoms with E-state index < -0.39 is 4.92 Å². The van der Waals surface area contributed by atoms with Crippen molar-refractivity contribution in [3.8, 4) is 0 Å². The molecule has 10 heteroatoms. The number of nitrogens with zero attached hydrogens (tertiary/aromatic N) is 3. The highest BCUT2D eigenvalue weighted by atomic mass is 35.5. The van der Waals surface area contributed by atoms with Gasteiger partial charge >= 0.3 is 5.69 Å². The molecular formula is C14H15ClN6O3. The lowest BCUT2D eigenvalue weighted by Gasteiger charge is -2.09. The van der Waals surface area contributed by atoms with Gasteiger partial charge in [0.15, 0.2) is 0 Å². The van der Waals surface area contributed by atoms with Crippen LogP contribution in [0.25, 0.3) is 0 Å². The molecular weight excluding hydrogens is 336 g/mol. The van der Waals surface area contributed by atoms with Crippen molar-refractivity contribution in [2.45, 2.75) is 6.42 Å². The zero-order valence-electron chi connectivity index (χ0n) is 12.7. The van der Waals surface area contributed by atoms with E-state index in [9.17, 15) is 14.9 Å². The molecule has 1 heterocycles. The molecule has 0 bridgehead atoms. The Kier molecular flexibility index (Phi) is 5.85. The fourth-order valence-electron chi connectivity index (χ4n) is 1.78. The van der Waals surface area contributed by atoms with Crippen molar-refractivity contribution in [1.82, 2.24) is 15.3 Å². The van der Waals surface area contributed by atoms with E-state index in [-0.39, 0.29) is 36.3 Å². The normalized spacial score (nSPS) is 10.1. The summed E-state index contributed by atoms with van der Waals surface area (Å²) in [6.07, 6.45) is 1.27. The first-order chi connectivity index (χ1) is 11.5. The zero-order valence-corrected chi connectivity index (χ0v) is 13.5. The van der Waals surface area contributed by atoms with Crippen LogP contribution in [0.3, 0.4) is 0 Å². The SMILES string of the molecule is CNC(=O)CCNc1nc(Nc2ccc(Cl)cc2)ncc1[N+](=O)[O-]. The fourth-order valence-corrected chi connectivity index (χ4v) is 1.91. The quantitative estimate of drug-likeness (QED) is 0.517. The predicted molar refractivity (Wildman–Crippen MR) is 90.6 cm³/mol. The summed E-state index contributed by atoms with van der Waals surface area (Å²) in [5.41, 5.74) is 0.415. The lowest BCUT2D eigenvalue weighted by atomic mass is 10.3. The summed E-state index contributed by atoms with van der Waals surface area (Å²) in [5, 5.41) is 19.8. The van der Waals surface area contributed by atoms with Crippen molar-refractivity contribution in [1.29, 1.82) is 0 Å². The maximum atomic E-state index is 11.2. The summed E-state index contributed by atoms with van der Waals surface area (Å²) in [6.45, 7) is 0.206. The Morgan fingerprint density at radius 3 is 2.67 bits per heavy atom. The number of carbonyl (C=O) groups is 1. The van der Waals surface area contributed by atoms with Gasteiger partial charge in [-0.1, -0.05) is 11.6 Å². The van der Waals surface area contributed by atoms with Gasteiger partial charge in [-0.15, -0.1) is 0 Å². The number of rotatable bonds is 7. The topological polar surface area (TPSA) is 122 Å². The number of hydrogen-bond acceptors (Lipinski definition) is 7. The molecule has 1 aromatic carbocycles. The lowest BCUT2D eigenvalue weighted by Crippen LogP contribution is -2.21. The molecule has 2 rings (SSSR count). The Morgan fingerprint density at radius 2 is 2.04 bits per heavy atom. The minimum atomic E-state index is -0.589. The van der Waals surface area contributed by atoms with Gasteiger partial charge < -0.3 is 16.0 Å². The third-order valence-electron chi connectivity index (χ3n) is 2.99. The largest absolute Gasteiger partial charge is 0.364 e. The van der Waals surface area contributed by atoms with E-state index >= 15 is 0 Å². The first kappa shape index (κ1) is 17.4. The van der Waals surface area contributed by atoms with Crippen LogP contribution in [0.15, 0.2) is 30.5 Å². The number of nitrogens with one attached hydrogen (secondary N) is 3. The van der Waals surface area contributed by atoms with Gasteiger partial charge in [0.1, 0.15) is 6.20 Å². The number of aromatic nitrogens is 2. The summed E-state index contributed by atoms with van der Waals surface area (Å²) >= 11 is 5.81. The second-order valence-corrected chi connectivity index (χ2v) is 5.10. The summed E-state index contributed by atoms with van der Waals surface area (Å²) in [7, 11) is 1.52. The van der Waals surface area contributed by atoms with Crippen molar-refractivity contribution in [3.05, 3.63) is 45.6 Å². The van der Waals surface area contributed by atoms with Crippen LogP contribution in [0.2, 0.25) is 5.02 Å². The molecule has 0 radical (unpaired) electrons. The molecule has 0 aliphatic carbocycles. The van der Waals surface area contributed by atoms with Crippen LogP contribution in [0, 0.1) is 10.1 Å². The van der Waals surface area contributed by atoms with Crippen LogP contribution in [-0.2, 0) is 4.79 Å². The molecule has 1 aromatic heterocycles. The van der Waals surface area contributed by atoms with E-state index in [1.165, 1.54) is 7.05 Å². The second kappa shape index (κ2) is 8.06. The first-order valence-corrected chi connectivity index (χ1v) is 7.36. The molecule has 2 aromatic rings. The molecule has 0 fully saturated rings. The molecule has 3 N–H and O–H groups in total. The van der Waals surface area contributed by atoms with Gasteiger partial charge in [0, 0.05) is 30.7 Å². The van der Waals surface area contributed by atoms with Crippen molar-refractivity contribution < 1.29 is 9.72 Å². The van der Waals surface area contributed by atoms with Gasteiger partial charge in [-0.3, -0.25) is 14.9 Å². The van der Waals surface area contributed by atoms with Crippen molar-refractivity contribution in [3.63, 3.8) is 0 Å². The number of hydrogen-bond donors (Lipinski definition) is 3. The Labute approximate surface area is 142 Å². The van der Waals surface area contributed by atoms with Gasteiger partial charge in [-0.05, 0) is 24.3 Å². The molecule has 0 saturated heterocycles. The Balaban J connectivity index is 2.15. The van der Waals surface area contributed by atoms with Crippen LogP contribution in [0.1, 0.15) is 6.42 Å². The van der Waals surface area contributed by atoms with E-state index in [2.05, 4.69) is 25.9 Å². The number of halogens is 1. The van der Waals surface area contributed by atoms with Gasteiger partial charge in [-0.2, -0.15) is 4.98 Å². The molecule has 24 heavy (non-hydrogen) atoms. The molecule has 0 saturated carbocycles. The van der Waals surface area contributed by atoms with Crippen LogP contribution >= 0.6 is 11.6 Å². The number of nitro groups is 1. The predicted octanol–water partition coefficient (Wildman–Crippen LogP) is 2.33. The summed E-state index contributed by atoms with van der Waals surface area (Å²) in [6, 6.07) is 6.84. The van der Waals surface area contributed by atoms with Gasteiger partial charge in [0.25, 0.3) is 0 Å². The second-order valence-electron chi connectivity index (χ2n) is 4.67. The number of amides is 1. The van der Waals surface area contributed by atoms with Crippen molar-refractivity contribution in [2.75, 3.05) is 24.2 Å². The Morgan fingerprint density at radius 1 is 1.33 bits per heavy atom. The van der Waals surface area contributed by atoms with Crippen molar-refractivity contribution in [2.24, 2.45) is 0 Å². The highest BCUT2D eigenvalue weighted by Gasteiger charge is 2.17. The molecule has 0 spiro atoms. The minimum absolute atomic E-state index is 0.0374. The lowest BCUT2D eigenvalue weighted by molar-refractivity contribution is -0.384. The molecule has 0 aliphatic rings. The van der Waals surface area contributed by atoms with E-state index in [0.717, 1.165) is 6.20 Å². The Bertz CT molecular complexity index is 738. The van der Waals surface area contributed by atoms with E-state index in [0.29, 0.717) is 10.7 Å². The molecule has 9 nitrogen and oxygen atoms in total. The maximum Gasteiger partial charge on any atom is 0.329 e. The fraction of sp³-hybridized carbons (Fsp3) is 0.214. The minimum Gasteiger partial charge on any atom is -0.364 e. The van der Waals surface area contributed by atoms with E-state index in [1.807, 2.05) is 0 Å².